The topological polar surface area (TPSA) is 102 Å². The number of carbonyl (C=O) groups excluding carboxylic acids is 1. The molecule has 1 saturated heterocycles. The number of hydrogen-bond acceptors (Lipinski definition) is 5. The predicted molar refractivity (Wildman–Crippen MR) is 75.9 cm³/mol. The van der Waals surface area contributed by atoms with Crippen molar-refractivity contribution in [3.8, 4) is 11.5 Å². The highest BCUT2D eigenvalue weighted by Crippen LogP contribution is 2.24. The Balaban J connectivity index is 1.89. The van der Waals surface area contributed by atoms with Gasteiger partial charge in [0.15, 0.2) is 0 Å². The number of hydrogen-bond donors (Lipinski definition) is 4. The van der Waals surface area contributed by atoms with Crippen LogP contribution < -0.4 is 11.1 Å². The maximum Gasteiger partial charge on any atom is 0.321 e. The molecule has 0 aromatic heterocycles. The summed E-state index contributed by atoms with van der Waals surface area (Å²) in [6, 6.07) is 3.76. The number of amides is 2. The van der Waals surface area contributed by atoms with Gasteiger partial charge in [-0.25, -0.2) is 4.79 Å². The van der Waals surface area contributed by atoms with E-state index in [1.54, 1.807) is 4.90 Å². The summed E-state index contributed by atoms with van der Waals surface area (Å²) in [7, 11) is 0. The number of benzene rings is 1. The van der Waals surface area contributed by atoms with Gasteiger partial charge in [-0.3, -0.25) is 4.90 Å². The van der Waals surface area contributed by atoms with Gasteiger partial charge in [0.1, 0.15) is 11.5 Å². The van der Waals surface area contributed by atoms with Gasteiger partial charge in [0.2, 0.25) is 0 Å². The molecule has 2 rings (SSSR count). The van der Waals surface area contributed by atoms with E-state index >= 15 is 0 Å². The second-order valence-corrected chi connectivity index (χ2v) is 4.79. The lowest BCUT2D eigenvalue weighted by molar-refractivity contribution is 0.149. The summed E-state index contributed by atoms with van der Waals surface area (Å²) < 4.78 is 0. The number of rotatable bonds is 3. The van der Waals surface area contributed by atoms with Crippen molar-refractivity contribution in [1.29, 1.82) is 0 Å². The first-order valence-electron chi connectivity index (χ1n) is 6.60. The van der Waals surface area contributed by atoms with E-state index in [0.29, 0.717) is 25.3 Å². The molecule has 1 aromatic carbocycles. The molecule has 1 aromatic rings. The van der Waals surface area contributed by atoms with Crippen molar-refractivity contribution in [2.45, 2.75) is 0 Å². The molecule has 0 unspecified atom stereocenters. The van der Waals surface area contributed by atoms with Gasteiger partial charge >= 0.3 is 6.03 Å². The molecule has 1 aliphatic rings. The van der Waals surface area contributed by atoms with E-state index in [1.807, 2.05) is 0 Å². The minimum atomic E-state index is -0.234. The van der Waals surface area contributed by atoms with Crippen LogP contribution in [0, 0.1) is 0 Å². The highest BCUT2D eigenvalue weighted by atomic mass is 16.3. The van der Waals surface area contributed by atoms with Crippen molar-refractivity contribution in [2.24, 2.45) is 5.73 Å². The van der Waals surface area contributed by atoms with E-state index in [4.69, 9.17) is 5.73 Å². The Kier molecular flexibility index (Phi) is 4.65. The standard InChI is InChI=1S/C13H20N4O3/c14-1-2-16-3-5-17(6-4-16)13(20)15-10-7-11(18)9-12(19)8-10/h7-9,18-19H,1-6,14H2,(H,15,20). The first kappa shape index (κ1) is 14.4. The fourth-order valence-electron chi connectivity index (χ4n) is 2.23. The number of nitrogens with zero attached hydrogens (tertiary/aromatic N) is 2. The molecule has 0 atom stereocenters. The van der Waals surface area contributed by atoms with Crippen LogP contribution in [-0.4, -0.2) is 65.3 Å². The average molecular weight is 280 g/mol. The summed E-state index contributed by atoms with van der Waals surface area (Å²) in [4.78, 5) is 16.0. The molecule has 1 fully saturated rings. The number of aromatic hydroxyl groups is 2. The van der Waals surface area contributed by atoms with Crippen molar-refractivity contribution < 1.29 is 15.0 Å². The highest BCUT2D eigenvalue weighted by molar-refractivity contribution is 5.89. The molecule has 0 bridgehead atoms. The number of urea groups is 1. The van der Waals surface area contributed by atoms with E-state index in [0.717, 1.165) is 19.6 Å². The Labute approximate surface area is 117 Å². The van der Waals surface area contributed by atoms with E-state index < -0.39 is 0 Å². The molecule has 1 heterocycles. The molecule has 20 heavy (non-hydrogen) atoms. The second kappa shape index (κ2) is 6.44. The Morgan fingerprint density at radius 2 is 1.75 bits per heavy atom. The predicted octanol–water partition coefficient (Wildman–Crippen LogP) is 0.206. The van der Waals surface area contributed by atoms with Crippen LogP contribution in [0.2, 0.25) is 0 Å². The van der Waals surface area contributed by atoms with Gasteiger partial charge < -0.3 is 26.2 Å². The minimum Gasteiger partial charge on any atom is -0.508 e. The van der Waals surface area contributed by atoms with E-state index in [2.05, 4.69) is 10.2 Å². The zero-order valence-electron chi connectivity index (χ0n) is 11.2. The molecule has 0 radical (unpaired) electrons. The molecule has 5 N–H and O–H groups in total. The molecule has 0 saturated carbocycles. The monoisotopic (exact) mass is 280 g/mol. The Morgan fingerprint density at radius 1 is 1.15 bits per heavy atom. The largest absolute Gasteiger partial charge is 0.508 e. The number of nitrogens with two attached hydrogens (primary N) is 1. The molecule has 7 nitrogen and oxygen atoms in total. The molecular formula is C13H20N4O3. The highest BCUT2D eigenvalue weighted by Gasteiger charge is 2.20. The second-order valence-electron chi connectivity index (χ2n) is 4.79. The van der Waals surface area contributed by atoms with Crippen LogP contribution >= 0.6 is 0 Å². The van der Waals surface area contributed by atoms with Crippen molar-refractivity contribution in [1.82, 2.24) is 9.80 Å². The van der Waals surface area contributed by atoms with Crippen molar-refractivity contribution in [3.63, 3.8) is 0 Å². The number of carbonyl (C=O) groups is 1. The van der Waals surface area contributed by atoms with Gasteiger partial charge in [-0.05, 0) is 0 Å². The number of anilines is 1. The van der Waals surface area contributed by atoms with Gasteiger partial charge in [0, 0.05) is 63.2 Å². The third kappa shape index (κ3) is 3.75. The minimum absolute atomic E-state index is 0.0898. The maximum atomic E-state index is 12.1. The lowest BCUT2D eigenvalue weighted by atomic mass is 10.2. The molecule has 7 heteroatoms. The first-order chi connectivity index (χ1) is 9.58. The normalized spacial score (nSPS) is 16.1. The van der Waals surface area contributed by atoms with Gasteiger partial charge in [0.05, 0.1) is 0 Å². The Hall–Kier alpha value is -1.99. The van der Waals surface area contributed by atoms with E-state index in [-0.39, 0.29) is 17.5 Å². The van der Waals surface area contributed by atoms with Crippen LogP contribution in [-0.2, 0) is 0 Å². The number of phenols is 2. The summed E-state index contributed by atoms with van der Waals surface area (Å²) >= 11 is 0. The lowest BCUT2D eigenvalue weighted by Gasteiger charge is -2.34. The SMILES string of the molecule is NCCN1CCN(C(=O)Nc2cc(O)cc(O)c2)CC1. The molecule has 0 aliphatic carbocycles. The smallest absolute Gasteiger partial charge is 0.321 e. The zero-order valence-corrected chi connectivity index (χ0v) is 11.2. The fraction of sp³-hybridized carbons (Fsp3) is 0.462. The van der Waals surface area contributed by atoms with Gasteiger partial charge in [-0.2, -0.15) is 0 Å². The number of nitrogens with one attached hydrogen (secondary N) is 1. The van der Waals surface area contributed by atoms with Gasteiger partial charge in [0.25, 0.3) is 0 Å². The van der Waals surface area contributed by atoms with Gasteiger partial charge in [-0.1, -0.05) is 0 Å². The quantitative estimate of drug-likeness (QED) is 0.634. The van der Waals surface area contributed by atoms with Crippen LogP contribution in [0.25, 0.3) is 0 Å². The van der Waals surface area contributed by atoms with E-state index in [9.17, 15) is 15.0 Å². The molecular weight excluding hydrogens is 260 g/mol. The van der Waals surface area contributed by atoms with Crippen molar-refractivity contribution >= 4 is 11.7 Å². The first-order valence-corrected chi connectivity index (χ1v) is 6.60. The summed E-state index contributed by atoms with van der Waals surface area (Å²) in [5.74, 6) is -0.180. The summed E-state index contributed by atoms with van der Waals surface area (Å²) in [6.07, 6.45) is 0. The summed E-state index contributed by atoms with van der Waals surface area (Å²) in [5, 5.41) is 21.4. The van der Waals surface area contributed by atoms with Crippen molar-refractivity contribution in [2.75, 3.05) is 44.6 Å². The number of piperazine rings is 1. The molecule has 2 amide bonds. The molecule has 0 spiro atoms. The Morgan fingerprint density at radius 3 is 2.30 bits per heavy atom. The van der Waals surface area contributed by atoms with Gasteiger partial charge in [-0.15, -0.1) is 0 Å². The van der Waals surface area contributed by atoms with Crippen LogP contribution in [0.15, 0.2) is 18.2 Å². The molecule has 110 valence electrons. The van der Waals surface area contributed by atoms with E-state index in [1.165, 1.54) is 18.2 Å². The molecule has 1 aliphatic heterocycles. The third-order valence-electron chi connectivity index (χ3n) is 3.26. The fourth-order valence-corrected chi connectivity index (χ4v) is 2.23. The summed E-state index contributed by atoms with van der Waals surface area (Å²) in [5.41, 5.74) is 5.87. The average Bonchev–Trinajstić information content (AvgIpc) is 2.38. The van der Waals surface area contributed by atoms with Crippen molar-refractivity contribution in [3.05, 3.63) is 18.2 Å². The Bertz CT molecular complexity index is 452. The van der Waals surface area contributed by atoms with Crippen LogP contribution in [0.3, 0.4) is 0 Å². The van der Waals surface area contributed by atoms with Crippen LogP contribution in [0.5, 0.6) is 11.5 Å². The van der Waals surface area contributed by atoms with Crippen LogP contribution in [0.4, 0.5) is 10.5 Å². The van der Waals surface area contributed by atoms with Crippen LogP contribution in [0.1, 0.15) is 0 Å². The third-order valence-corrected chi connectivity index (χ3v) is 3.26. The zero-order chi connectivity index (χ0) is 14.5. The number of phenolic OH excluding ortho intramolecular Hbond substituents is 2. The lowest BCUT2D eigenvalue weighted by Crippen LogP contribution is -2.50. The maximum absolute atomic E-state index is 12.1. The summed E-state index contributed by atoms with van der Waals surface area (Å²) in [6.45, 7) is 4.34.